The molecule has 0 saturated carbocycles. The van der Waals surface area contributed by atoms with Gasteiger partial charge in [-0.05, 0) is 41.2 Å². The summed E-state index contributed by atoms with van der Waals surface area (Å²) >= 11 is 6.65. The molecule has 2 aromatic rings. The van der Waals surface area contributed by atoms with Gasteiger partial charge in [0.1, 0.15) is 4.90 Å². The van der Waals surface area contributed by atoms with Gasteiger partial charge in [0.05, 0.1) is 18.4 Å². The van der Waals surface area contributed by atoms with Crippen molar-refractivity contribution in [2.24, 2.45) is 0 Å². The van der Waals surface area contributed by atoms with Crippen molar-refractivity contribution in [3.8, 4) is 0 Å². The third-order valence-electron chi connectivity index (χ3n) is 2.69. The number of likely N-dealkylation sites (N-methyl/N-ethyl adjacent to an activating group) is 1. The Balaban J connectivity index is 2.19. The van der Waals surface area contributed by atoms with Crippen LogP contribution in [0.25, 0.3) is 0 Å². The lowest BCUT2D eigenvalue weighted by atomic mass is 10.3. The number of hydrogen-bond donors (Lipinski definition) is 2. The minimum absolute atomic E-state index is 0.133. The van der Waals surface area contributed by atoms with Crippen LogP contribution in [0.5, 0.6) is 0 Å². The van der Waals surface area contributed by atoms with Crippen LogP contribution in [0.15, 0.2) is 44.4 Å². The zero-order valence-corrected chi connectivity index (χ0v) is 15.2. The molecule has 0 aliphatic carbocycles. The van der Waals surface area contributed by atoms with Crippen molar-refractivity contribution in [2.45, 2.75) is 11.4 Å². The van der Waals surface area contributed by atoms with E-state index in [0.29, 0.717) is 23.2 Å². The summed E-state index contributed by atoms with van der Waals surface area (Å²) in [7, 11) is -1.82. The van der Waals surface area contributed by atoms with Crippen molar-refractivity contribution in [2.75, 3.05) is 18.3 Å². The highest BCUT2D eigenvalue weighted by Crippen LogP contribution is 2.28. The van der Waals surface area contributed by atoms with Gasteiger partial charge < -0.3 is 5.32 Å². The van der Waals surface area contributed by atoms with Gasteiger partial charge in [-0.15, -0.1) is 0 Å². The summed E-state index contributed by atoms with van der Waals surface area (Å²) in [4.78, 5) is 0.133. The highest BCUT2D eigenvalue weighted by Gasteiger charge is 2.17. The smallest absolute Gasteiger partial charge is 0.265 e. The van der Waals surface area contributed by atoms with Crippen molar-refractivity contribution in [1.82, 2.24) is 15.1 Å². The van der Waals surface area contributed by atoms with E-state index < -0.39 is 10.0 Å². The van der Waals surface area contributed by atoms with Gasteiger partial charge in [0.15, 0.2) is 0 Å². The molecule has 114 valence electrons. The van der Waals surface area contributed by atoms with Crippen LogP contribution in [0, 0.1) is 0 Å². The van der Waals surface area contributed by atoms with E-state index in [0.717, 1.165) is 4.47 Å². The van der Waals surface area contributed by atoms with Gasteiger partial charge in [0, 0.05) is 21.7 Å². The highest BCUT2D eigenvalue weighted by atomic mass is 79.9. The van der Waals surface area contributed by atoms with Gasteiger partial charge >= 0.3 is 0 Å². The fourth-order valence-electron chi connectivity index (χ4n) is 1.61. The molecule has 21 heavy (non-hydrogen) atoms. The average molecular weight is 438 g/mol. The minimum atomic E-state index is -3.65. The van der Waals surface area contributed by atoms with E-state index >= 15 is 0 Å². The molecule has 6 nitrogen and oxygen atoms in total. The molecule has 0 saturated heterocycles. The zero-order valence-electron chi connectivity index (χ0n) is 11.2. The molecule has 0 spiro atoms. The van der Waals surface area contributed by atoms with Crippen molar-refractivity contribution in [1.29, 1.82) is 0 Å². The van der Waals surface area contributed by atoms with Crippen LogP contribution in [-0.4, -0.2) is 31.8 Å². The Hall–Kier alpha value is -0.900. The second-order valence-corrected chi connectivity index (χ2v) is 7.72. The summed E-state index contributed by atoms with van der Waals surface area (Å²) in [6, 6.07) is 5.21. The first-order chi connectivity index (χ1) is 9.92. The first-order valence-electron chi connectivity index (χ1n) is 6.07. The third-order valence-corrected chi connectivity index (χ3v) is 5.16. The molecule has 0 bridgehead atoms. The topological polar surface area (TPSA) is 76.0 Å². The molecule has 0 aliphatic rings. The van der Waals surface area contributed by atoms with Crippen molar-refractivity contribution >= 4 is 47.6 Å². The number of nitrogens with one attached hydrogen (secondary N) is 2. The standard InChI is InChI=1S/C12H14Br2N4O2S/c1-15-4-5-18-8-10(7-16-18)21(19,20)17-12-3-2-9(13)6-11(12)14/h2-3,6-8,15,17H,4-5H2,1H3. The quantitative estimate of drug-likeness (QED) is 0.727. The van der Waals surface area contributed by atoms with Crippen LogP contribution in [-0.2, 0) is 16.6 Å². The second kappa shape index (κ2) is 6.91. The predicted molar refractivity (Wildman–Crippen MR) is 88.8 cm³/mol. The second-order valence-electron chi connectivity index (χ2n) is 4.27. The fraction of sp³-hybridized carbons (Fsp3) is 0.250. The Morgan fingerprint density at radius 3 is 2.76 bits per heavy atom. The Morgan fingerprint density at radius 1 is 1.33 bits per heavy atom. The maximum absolute atomic E-state index is 12.3. The molecule has 2 rings (SSSR count). The van der Waals surface area contributed by atoms with E-state index in [1.54, 1.807) is 22.9 Å². The number of anilines is 1. The largest absolute Gasteiger partial charge is 0.318 e. The lowest BCUT2D eigenvalue weighted by Gasteiger charge is -2.08. The molecule has 2 N–H and O–H groups in total. The number of rotatable bonds is 6. The van der Waals surface area contributed by atoms with E-state index in [-0.39, 0.29) is 4.90 Å². The van der Waals surface area contributed by atoms with Crippen LogP contribution < -0.4 is 10.0 Å². The molecule has 0 aliphatic heterocycles. The maximum Gasteiger partial charge on any atom is 0.265 e. The Morgan fingerprint density at radius 2 is 2.10 bits per heavy atom. The summed E-state index contributed by atoms with van der Waals surface area (Å²) in [5.41, 5.74) is 0.473. The summed E-state index contributed by atoms with van der Waals surface area (Å²) in [5.74, 6) is 0. The first kappa shape index (κ1) is 16.5. The first-order valence-corrected chi connectivity index (χ1v) is 9.14. The molecule has 1 heterocycles. The van der Waals surface area contributed by atoms with E-state index in [1.807, 2.05) is 7.05 Å². The molecule has 0 atom stereocenters. The maximum atomic E-state index is 12.3. The SMILES string of the molecule is CNCCn1cc(S(=O)(=O)Nc2ccc(Br)cc2Br)cn1. The number of halogens is 2. The average Bonchev–Trinajstić information content (AvgIpc) is 2.89. The number of hydrogen-bond acceptors (Lipinski definition) is 4. The predicted octanol–water partition coefficient (Wildman–Crippen LogP) is 2.43. The number of aromatic nitrogens is 2. The van der Waals surface area contributed by atoms with Crippen LogP contribution >= 0.6 is 31.9 Å². The van der Waals surface area contributed by atoms with E-state index in [4.69, 9.17) is 0 Å². The fourth-order valence-corrected chi connectivity index (χ4v) is 3.92. The van der Waals surface area contributed by atoms with Crippen molar-refractivity contribution in [3.05, 3.63) is 39.5 Å². The zero-order chi connectivity index (χ0) is 15.5. The van der Waals surface area contributed by atoms with Crippen LogP contribution in [0.3, 0.4) is 0 Å². The van der Waals surface area contributed by atoms with Crippen molar-refractivity contribution < 1.29 is 8.42 Å². The van der Waals surface area contributed by atoms with E-state index in [9.17, 15) is 8.42 Å². The summed E-state index contributed by atoms with van der Waals surface area (Å²) in [6.07, 6.45) is 2.84. The third kappa shape index (κ3) is 4.29. The molecular weight excluding hydrogens is 424 g/mol. The lowest BCUT2D eigenvalue weighted by Crippen LogP contribution is -2.15. The molecule has 0 fully saturated rings. The number of sulfonamides is 1. The summed E-state index contributed by atoms with van der Waals surface area (Å²) in [5, 5.41) is 7.02. The van der Waals surface area contributed by atoms with Gasteiger partial charge in [0.25, 0.3) is 10.0 Å². The summed E-state index contributed by atoms with van der Waals surface area (Å²) in [6.45, 7) is 1.32. The molecule has 1 aromatic carbocycles. The normalized spacial score (nSPS) is 11.6. The monoisotopic (exact) mass is 436 g/mol. The molecular formula is C12H14Br2N4O2S. The number of nitrogens with zero attached hydrogens (tertiary/aromatic N) is 2. The minimum Gasteiger partial charge on any atom is -0.318 e. The molecule has 0 amide bonds. The molecule has 1 aromatic heterocycles. The Labute approximate surface area is 140 Å². The van der Waals surface area contributed by atoms with Crippen LogP contribution in [0.2, 0.25) is 0 Å². The van der Waals surface area contributed by atoms with Gasteiger partial charge in [0.2, 0.25) is 0 Å². The number of benzene rings is 1. The van der Waals surface area contributed by atoms with Crippen LogP contribution in [0.1, 0.15) is 0 Å². The van der Waals surface area contributed by atoms with Gasteiger partial charge in [-0.25, -0.2) is 8.42 Å². The van der Waals surface area contributed by atoms with E-state index in [2.05, 4.69) is 47.0 Å². The van der Waals surface area contributed by atoms with Crippen molar-refractivity contribution in [3.63, 3.8) is 0 Å². The van der Waals surface area contributed by atoms with E-state index in [1.165, 1.54) is 12.4 Å². The molecule has 0 unspecified atom stereocenters. The van der Waals surface area contributed by atoms with Gasteiger partial charge in [-0.1, -0.05) is 15.9 Å². The lowest BCUT2D eigenvalue weighted by molar-refractivity contribution is 0.582. The highest BCUT2D eigenvalue weighted by molar-refractivity contribution is 9.11. The van der Waals surface area contributed by atoms with Crippen LogP contribution in [0.4, 0.5) is 5.69 Å². The Kier molecular flexibility index (Phi) is 5.42. The summed E-state index contributed by atoms with van der Waals surface area (Å²) < 4.78 is 30.3. The van der Waals surface area contributed by atoms with Gasteiger partial charge in [-0.2, -0.15) is 5.10 Å². The molecule has 9 heteroatoms. The molecule has 0 radical (unpaired) electrons. The Bertz CT molecular complexity index is 731. The van der Waals surface area contributed by atoms with Gasteiger partial charge in [-0.3, -0.25) is 9.40 Å².